The van der Waals surface area contributed by atoms with Gasteiger partial charge in [-0.25, -0.2) is 0 Å². The Bertz CT molecular complexity index is 1370. The monoisotopic (exact) mass is 472 g/mol. The number of anilines is 1. The first-order valence-electron chi connectivity index (χ1n) is 10.8. The second-order valence-corrected chi connectivity index (χ2v) is 9.63. The highest BCUT2D eigenvalue weighted by atomic mass is 32.1. The van der Waals surface area contributed by atoms with E-state index in [1.165, 1.54) is 16.7 Å². The predicted molar refractivity (Wildman–Crippen MR) is 138 cm³/mol. The molecule has 5 nitrogen and oxygen atoms in total. The summed E-state index contributed by atoms with van der Waals surface area (Å²) in [6.07, 6.45) is 0. The molecule has 3 heterocycles. The van der Waals surface area contributed by atoms with E-state index in [4.69, 9.17) is 21.7 Å². The van der Waals surface area contributed by atoms with Crippen LogP contribution in [0, 0.1) is 20.8 Å². The van der Waals surface area contributed by atoms with E-state index in [2.05, 4.69) is 74.6 Å². The highest BCUT2D eigenvalue weighted by Gasteiger charge is 2.35. The molecule has 0 saturated carbocycles. The number of thiocarbonyl (C=S) groups is 1. The maximum Gasteiger partial charge on any atom is 0.258 e. The molecular weight excluding hydrogens is 448 g/mol. The molecule has 0 amide bonds. The second kappa shape index (κ2) is 8.57. The van der Waals surface area contributed by atoms with E-state index in [1.54, 1.807) is 11.3 Å². The Balaban J connectivity index is 1.68. The quantitative estimate of drug-likeness (QED) is 0.338. The maximum atomic E-state index is 5.85. The zero-order chi connectivity index (χ0) is 23.1. The lowest BCUT2D eigenvalue weighted by atomic mass is 9.92. The van der Waals surface area contributed by atoms with E-state index in [0.717, 1.165) is 27.4 Å². The van der Waals surface area contributed by atoms with Crippen molar-refractivity contribution < 1.29 is 4.52 Å². The molecule has 1 aliphatic heterocycles. The molecule has 0 bridgehead atoms. The van der Waals surface area contributed by atoms with E-state index in [1.807, 2.05) is 28.5 Å². The van der Waals surface area contributed by atoms with Gasteiger partial charge in [0.2, 0.25) is 5.82 Å². The third-order valence-electron chi connectivity index (χ3n) is 6.01. The Kier molecular flexibility index (Phi) is 5.60. The number of aromatic nitrogens is 2. The molecule has 4 aromatic rings. The van der Waals surface area contributed by atoms with Crippen molar-refractivity contribution in [1.29, 1.82) is 0 Å². The van der Waals surface area contributed by atoms with Crippen molar-refractivity contribution in [3.05, 3.63) is 93.8 Å². The summed E-state index contributed by atoms with van der Waals surface area (Å²) in [5.41, 5.74) is 7.63. The lowest BCUT2D eigenvalue weighted by molar-refractivity contribution is 0.404. The largest absolute Gasteiger partial charge is 0.351 e. The van der Waals surface area contributed by atoms with Crippen LogP contribution in [0.15, 0.2) is 70.2 Å². The standard InChI is InChI=1S/C26H24N4OS2/c1-15-7-5-8-20(13-15)30-18(4)22(25-28-24(29-31-25)21-9-6-12-33-21)23(27-26(30)32)19-11-10-16(2)17(3)14-19/h5-14,23H,1-4H3,(H,27,32). The molecule has 33 heavy (non-hydrogen) atoms. The van der Waals surface area contributed by atoms with Gasteiger partial charge in [0.1, 0.15) is 0 Å². The number of benzene rings is 2. The van der Waals surface area contributed by atoms with Crippen LogP contribution >= 0.6 is 23.6 Å². The van der Waals surface area contributed by atoms with Crippen LogP contribution in [-0.2, 0) is 0 Å². The number of thiophene rings is 1. The van der Waals surface area contributed by atoms with Crippen molar-refractivity contribution in [2.45, 2.75) is 33.7 Å². The zero-order valence-corrected chi connectivity index (χ0v) is 20.6. The van der Waals surface area contributed by atoms with Crippen molar-refractivity contribution in [3.63, 3.8) is 0 Å². The van der Waals surface area contributed by atoms with Crippen molar-refractivity contribution in [1.82, 2.24) is 15.5 Å². The number of rotatable bonds is 4. The first kappa shape index (κ1) is 21.6. The predicted octanol–water partition coefficient (Wildman–Crippen LogP) is 6.59. The molecule has 0 fully saturated rings. The first-order chi connectivity index (χ1) is 15.9. The Morgan fingerprint density at radius 3 is 2.58 bits per heavy atom. The van der Waals surface area contributed by atoms with E-state index >= 15 is 0 Å². The topological polar surface area (TPSA) is 54.2 Å². The van der Waals surface area contributed by atoms with E-state index < -0.39 is 0 Å². The Morgan fingerprint density at radius 1 is 1.00 bits per heavy atom. The normalized spacial score (nSPS) is 16.3. The maximum absolute atomic E-state index is 5.85. The van der Waals surface area contributed by atoms with Gasteiger partial charge in [0.15, 0.2) is 5.11 Å². The molecule has 0 aliphatic carbocycles. The third-order valence-corrected chi connectivity index (χ3v) is 7.17. The van der Waals surface area contributed by atoms with Crippen molar-refractivity contribution in [2.75, 3.05) is 4.90 Å². The fourth-order valence-corrected chi connectivity index (χ4v) is 5.14. The highest BCUT2D eigenvalue weighted by Crippen LogP contribution is 2.39. The number of hydrogen-bond donors (Lipinski definition) is 1. The van der Waals surface area contributed by atoms with E-state index in [9.17, 15) is 0 Å². The van der Waals surface area contributed by atoms with Gasteiger partial charge in [-0.15, -0.1) is 11.3 Å². The molecule has 1 aliphatic rings. The third kappa shape index (κ3) is 3.98. The molecule has 2 aromatic carbocycles. The summed E-state index contributed by atoms with van der Waals surface area (Å²) in [6.45, 7) is 8.38. The fourth-order valence-electron chi connectivity index (χ4n) is 4.13. The van der Waals surface area contributed by atoms with Gasteiger partial charge >= 0.3 is 0 Å². The van der Waals surface area contributed by atoms with Crippen LogP contribution < -0.4 is 10.2 Å². The van der Waals surface area contributed by atoms with E-state index in [-0.39, 0.29) is 6.04 Å². The molecule has 7 heteroatoms. The summed E-state index contributed by atoms with van der Waals surface area (Å²) in [5, 5.41) is 10.5. The smallest absolute Gasteiger partial charge is 0.258 e. The molecule has 0 saturated heterocycles. The molecule has 1 atom stereocenters. The minimum Gasteiger partial charge on any atom is -0.351 e. The molecule has 5 rings (SSSR count). The summed E-state index contributed by atoms with van der Waals surface area (Å²) in [6, 6.07) is 18.5. The average molecular weight is 473 g/mol. The zero-order valence-electron chi connectivity index (χ0n) is 18.9. The van der Waals surface area contributed by atoms with Crippen LogP contribution in [0.3, 0.4) is 0 Å². The summed E-state index contributed by atoms with van der Waals surface area (Å²) >= 11 is 7.44. The van der Waals surface area contributed by atoms with Gasteiger partial charge in [0, 0.05) is 11.4 Å². The summed E-state index contributed by atoms with van der Waals surface area (Å²) in [7, 11) is 0. The lowest BCUT2D eigenvalue weighted by Gasteiger charge is -2.37. The van der Waals surface area contributed by atoms with E-state index in [0.29, 0.717) is 16.8 Å². The lowest BCUT2D eigenvalue weighted by Crippen LogP contribution is -2.46. The van der Waals surface area contributed by atoms with Crippen LogP contribution in [0.1, 0.15) is 41.1 Å². The fraction of sp³-hybridized carbons (Fsp3) is 0.192. The Labute approximate surface area is 202 Å². The SMILES string of the molecule is CC1=C(c2nc(-c3cccs3)no2)C(c2ccc(C)c(C)c2)NC(=S)N1c1cccc(C)c1. The average Bonchev–Trinajstić information content (AvgIpc) is 3.47. The molecule has 1 N–H and O–H groups in total. The van der Waals surface area contributed by atoms with Crippen LogP contribution in [0.4, 0.5) is 5.69 Å². The van der Waals surface area contributed by atoms with Crippen LogP contribution in [0.5, 0.6) is 0 Å². The molecule has 1 unspecified atom stereocenters. The van der Waals surface area contributed by atoms with Gasteiger partial charge < -0.3 is 9.84 Å². The second-order valence-electron chi connectivity index (χ2n) is 8.30. The van der Waals surface area contributed by atoms with Crippen molar-refractivity contribution >= 4 is 39.9 Å². The number of allylic oxidation sites excluding steroid dienone is 1. The number of nitrogens with one attached hydrogen (secondary N) is 1. The Hall–Kier alpha value is -3.29. The first-order valence-corrected chi connectivity index (χ1v) is 12.0. The van der Waals surface area contributed by atoms with Crippen molar-refractivity contribution in [3.8, 4) is 10.7 Å². The van der Waals surface area contributed by atoms with Crippen LogP contribution in [-0.4, -0.2) is 15.3 Å². The van der Waals surface area contributed by atoms with Gasteiger partial charge in [-0.1, -0.05) is 41.6 Å². The van der Waals surface area contributed by atoms with Gasteiger partial charge in [-0.2, -0.15) is 4.98 Å². The summed E-state index contributed by atoms with van der Waals surface area (Å²) in [5.74, 6) is 1.08. The number of nitrogens with zero attached hydrogens (tertiary/aromatic N) is 3. The molecular formula is C26H24N4OS2. The van der Waals surface area contributed by atoms with Crippen molar-refractivity contribution in [2.24, 2.45) is 0 Å². The summed E-state index contributed by atoms with van der Waals surface area (Å²) in [4.78, 5) is 7.80. The number of hydrogen-bond acceptors (Lipinski definition) is 5. The summed E-state index contributed by atoms with van der Waals surface area (Å²) < 4.78 is 5.82. The Morgan fingerprint density at radius 2 is 1.85 bits per heavy atom. The molecule has 0 radical (unpaired) electrons. The van der Waals surface area contributed by atoms with Gasteiger partial charge in [0.05, 0.1) is 16.5 Å². The number of aryl methyl sites for hydroxylation is 3. The van der Waals surface area contributed by atoms with Crippen LogP contribution in [0.25, 0.3) is 16.3 Å². The highest BCUT2D eigenvalue weighted by molar-refractivity contribution is 7.80. The van der Waals surface area contributed by atoms with Crippen LogP contribution in [0.2, 0.25) is 0 Å². The van der Waals surface area contributed by atoms with Gasteiger partial charge in [0.25, 0.3) is 5.89 Å². The minimum absolute atomic E-state index is 0.200. The molecule has 0 spiro atoms. The molecule has 166 valence electrons. The minimum atomic E-state index is -0.200. The molecule has 2 aromatic heterocycles. The van der Waals surface area contributed by atoms with Gasteiger partial charge in [-0.3, -0.25) is 4.90 Å². The van der Waals surface area contributed by atoms with Gasteiger partial charge in [-0.05, 0) is 85.7 Å².